The first-order chi connectivity index (χ1) is 12.1. The molecule has 1 aromatic carbocycles. The molecule has 2 aromatic rings. The van der Waals surface area contributed by atoms with Crippen LogP contribution in [-0.4, -0.2) is 35.5 Å². The highest BCUT2D eigenvalue weighted by Crippen LogP contribution is 2.26. The smallest absolute Gasteiger partial charge is 0.265 e. The van der Waals surface area contributed by atoms with Gasteiger partial charge in [-0.3, -0.25) is 4.79 Å². The van der Waals surface area contributed by atoms with Crippen LogP contribution in [0, 0.1) is 11.7 Å². The number of nitrogens with two attached hydrogens (primary N) is 1. The molecule has 134 valence electrons. The molecule has 1 aromatic heterocycles. The fourth-order valence-electron chi connectivity index (χ4n) is 3.05. The minimum atomic E-state index is -0.280. The molecule has 0 bridgehead atoms. The number of hydrogen-bond acceptors (Lipinski definition) is 5. The standard InChI is InChI=1S/C18H22FN3O2S/c1-2-15-16(25-18(20)21-15)17(23)22-9-3-4-12(10-22)11-24-14-7-5-13(19)6-8-14/h5-8,12H,2-4,9-11H2,1H3,(H2,20,21)/t12-/m1/s1. The molecule has 1 amide bonds. The van der Waals surface area contributed by atoms with Gasteiger partial charge in [-0.2, -0.15) is 0 Å². The highest BCUT2D eigenvalue weighted by molar-refractivity contribution is 7.17. The molecule has 0 radical (unpaired) electrons. The Bertz CT molecular complexity index is 732. The number of aromatic nitrogens is 1. The molecule has 25 heavy (non-hydrogen) atoms. The molecule has 5 nitrogen and oxygen atoms in total. The number of carbonyl (C=O) groups excluding carboxylic acids is 1. The highest BCUT2D eigenvalue weighted by atomic mass is 32.1. The molecule has 0 spiro atoms. The molecule has 0 unspecified atom stereocenters. The second kappa shape index (κ2) is 7.82. The maximum Gasteiger partial charge on any atom is 0.265 e. The van der Waals surface area contributed by atoms with Gasteiger partial charge in [0, 0.05) is 19.0 Å². The molecule has 1 aliphatic rings. The van der Waals surface area contributed by atoms with E-state index in [9.17, 15) is 9.18 Å². The zero-order chi connectivity index (χ0) is 17.8. The normalized spacial score (nSPS) is 17.5. The Hall–Kier alpha value is -2.15. The van der Waals surface area contributed by atoms with Gasteiger partial charge in [-0.15, -0.1) is 0 Å². The lowest BCUT2D eigenvalue weighted by molar-refractivity contribution is 0.0637. The third kappa shape index (κ3) is 4.28. The predicted molar refractivity (Wildman–Crippen MR) is 96.4 cm³/mol. The zero-order valence-electron chi connectivity index (χ0n) is 14.2. The molecule has 3 rings (SSSR count). The van der Waals surface area contributed by atoms with E-state index in [0.29, 0.717) is 35.3 Å². The number of nitrogens with zero attached hydrogens (tertiary/aromatic N) is 2. The summed E-state index contributed by atoms with van der Waals surface area (Å²) in [5.41, 5.74) is 6.54. The Morgan fingerprint density at radius 2 is 2.20 bits per heavy atom. The fraction of sp³-hybridized carbons (Fsp3) is 0.444. The summed E-state index contributed by atoms with van der Waals surface area (Å²) in [6.07, 6.45) is 2.65. The van der Waals surface area contributed by atoms with E-state index in [4.69, 9.17) is 10.5 Å². The van der Waals surface area contributed by atoms with E-state index in [0.717, 1.165) is 25.1 Å². The average molecular weight is 363 g/mol. The summed E-state index contributed by atoms with van der Waals surface area (Å²) in [6, 6.07) is 6.00. The van der Waals surface area contributed by atoms with Crippen molar-refractivity contribution in [3.8, 4) is 5.75 Å². The van der Waals surface area contributed by atoms with Gasteiger partial charge in [0.15, 0.2) is 5.13 Å². The number of piperidine rings is 1. The maximum atomic E-state index is 12.9. The first-order valence-corrected chi connectivity index (χ1v) is 9.31. The summed E-state index contributed by atoms with van der Waals surface area (Å²) in [7, 11) is 0. The predicted octanol–water partition coefficient (Wildman–Crippen LogP) is 3.36. The number of hydrogen-bond donors (Lipinski definition) is 1. The monoisotopic (exact) mass is 363 g/mol. The highest BCUT2D eigenvalue weighted by Gasteiger charge is 2.27. The van der Waals surface area contributed by atoms with E-state index in [1.54, 1.807) is 12.1 Å². The quantitative estimate of drug-likeness (QED) is 0.884. The fourth-order valence-corrected chi connectivity index (χ4v) is 3.94. The van der Waals surface area contributed by atoms with Crippen LogP contribution in [-0.2, 0) is 6.42 Å². The molecule has 1 saturated heterocycles. The van der Waals surface area contributed by atoms with E-state index in [1.807, 2.05) is 11.8 Å². The SMILES string of the molecule is CCc1nc(N)sc1C(=O)N1CCC[C@@H](COc2ccc(F)cc2)C1. The number of thiazole rings is 1. The van der Waals surface area contributed by atoms with Crippen molar-refractivity contribution < 1.29 is 13.9 Å². The number of nitrogen functional groups attached to an aromatic ring is 1. The summed E-state index contributed by atoms with van der Waals surface area (Å²) >= 11 is 1.26. The lowest BCUT2D eigenvalue weighted by atomic mass is 9.98. The van der Waals surface area contributed by atoms with Crippen molar-refractivity contribution in [2.24, 2.45) is 5.92 Å². The topological polar surface area (TPSA) is 68.5 Å². The Labute approximate surface area is 150 Å². The lowest BCUT2D eigenvalue weighted by Crippen LogP contribution is -2.41. The van der Waals surface area contributed by atoms with Crippen LogP contribution in [0.2, 0.25) is 0 Å². The van der Waals surface area contributed by atoms with Gasteiger partial charge in [0.05, 0.1) is 12.3 Å². The third-order valence-electron chi connectivity index (χ3n) is 4.35. The molecule has 1 atom stereocenters. The Kier molecular flexibility index (Phi) is 5.53. The van der Waals surface area contributed by atoms with Gasteiger partial charge in [-0.25, -0.2) is 9.37 Å². The first kappa shape index (κ1) is 17.7. The number of likely N-dealkylation sites (tertiary alicyclic amines) is 1. The summed E-state index contributed by atoms with van der Waals surface area (Å²) < 4.78 is 18.7. The number of aryl methyl sites for hydroxylation is 1. The molecule has 1 aliphatic heterocycles. The van der Waals surface area contributed by atoms with E-state index in [1.165, 1.54) is 23.5 Å². The molecular formula is C18H22FN3O2S. The molecule has 2 heterocycles. The minimum absolute atomic E-state index is 0.0116. The molecule has 0 aliphatic carbocycles. The van der Waals surface area contributed by atoms with Crippen LogP contribution in [0.25, 0.3) is 0 Å². The number of carbonyl (C=O) groups is 1. The van der Waals surface area contributed by atoms with Crippen molar-refractivity contribution >= 4 is 22.4 Å². The van der Waals surface area contributed by atoms with Crippen LogP contribution in [0.1, 0.15) is 35.1 Å². The van der Waals surface area contributed by atoms with Crippen molar-refractivity contribution in [1.29, 1.82) is 0 Å². The number of rotatable bonds is 5. The van der Waals surface area contributed by atoms with E-state index >= 15 is 0 Å². The van der Waals surface area contributed by atoms with Crippen LogP contribution in [0.5, 0.6) is 5.75 Å². The molecule has 0 saturated carbocycles. The number of ether oxygens (including phenoxy) is 1. The third-order valence-corrected chi connectivity index (χ3v) is 5.26. The second-order valence-electron chi connectivity index (χ2n) is 6.21. The van der Waals surface area contributed by atoms with Crippen molar-refractivity contribution in [3.63, 3.8) is 0 Å². The van der Waals surface area contributed by atoms with Gasteiger partial charge in [0.2, 0.25) is 0 Å². The molecular weight excluding hydrogens is 341 g/mol. The van der Waals surface area contributed by atoms with Crippen LogP contribution < -0.4 is 10.5 Å². The Morgan fingerprint density at radius 1 is 1.44 bits per heavy atom. The van der Waals surface area contributed by atoms with Crippen LogP contribution in [0.15, 0.2) is 24.3 Å². The van der Waals surface area contributed by atoms with Crippen LogP contribution in [0.3, 0.4) is 0 Å². The first-order valence-electron chi connectivity index (χ1n) is 8.49. The Morgan fingerprint density at radius 3 is 2.92 bits per heavy atom. The van der Waals surface area contributed by atoms with E-state index in [-0.39, 0.29) is 17.6 Å². The van der Waals surface area contributed by atoms with Gasteiger partial charge in [0.1, 0.15) is 16.4 Å². The second-order valence-corrected chi connectivity index (χ2v) is 7.24. The summed E-state index contributed by atoms with van der Waals surface area (Å²) in [5, 5.41) is 0.438. The van der Waals surface area contributed by atoms with E-state index in [2.05, 4.69) is 4.98 Å². The summed E-state index contributed by atoms with van der Waals surface area (Å²) in [4.78, 5) is 19.6. The maximum absolute atomic E-state index is 12.9. The Balaban J connectivity index is 1.60. The van der Waals surface area contributed by atoms with Gasteiger partial charge < -0.3 is 15.4 Å². The lowest BCUT2D eigenvalue weighted by Gasteiger charge is -2.32. The van der Waals surface area contributed by atoms with Crippen LogP contribution >= 0.6 is 11.3 Å². The summed E-state index contributed by atoms with van der Waals surface area (Å²) in [6.45, 7) is 3.88. The summed E-state index contributed by atoms with van der Waals surface area (Å²) in [5.74, 6) is 0.640. The number of anilines is 1. The average Bonchev–Trinajstić information content (AvgIpc) is 3.02. The zero-order valence-corrected chi connectivity index (χ0v) is 15.0. The number of halogens is 1. The van der Waals surface area contributed by atoms with Gasteiger partial charge in [-0.05, 0) is 43.5 Å². The minimum Gasteiger partial charge on any atom is -0.493 e. The largest absolute Gasteiger partial charge is 0.493 e. The van der Waals surface area contributed by atoms with E-state index < -0.39 is 0 Å². The van der Waals surface area contributed by atoms with Crippen molar-refractivity contribution in [3.05, 3.63) is 40.7 Å². The number of amides is 1. The van der Waals surface area contributed by atoms with Crippen molar-refractivity contribution in [2.45, 2.75) is 26.2 Å². The molecule has 2 N–H and O–H groups in total. The molecule has 7 heteroatoms. The van der Waals surface area contributed by atoms with Gasteiger partial charge in [0.25, 0.3) is 5.91 Å². The molecule has 1 fully saturated rings. The van der Waals surface area contributed by atoms with Gasteiger partial charge >= 0.3 is 0 Å². The van der Waals surface area contributed by atoms with Gasteiger partial charge in [-0.1, -0.05) is 18.3 Å². The number of benzene rings is 1. The van der Waals surface area contributed by atoms with Crippen LogP contribution in [0.4, 0.5) is 9.52 Å². The van der Waals surface area contributed by atoms with Crippen molar-refractivity contribution in [1.82, 2.24) is 9.88 Å². The van der Waals surface area contributed by atoms with Crippen molar-refractivity contribution in [2.75, 3.05) is 25.4 Å².